The Morgan fingerprint density at radius 1 is 0.109 bits per heavy atom. The smallest absolute Gasteiger partial charge is 0.164 e. The first-order valence-electron chi connectivity index (χ1n) is 49.2. The topological polar surface area (TPSA) is 155 Å². The monoisotopic (exact) mass is 1880 g/mol. The van der Waals surface area contributed by atoms with Gasteiger partial charge in [0.05, 0.1) is 0 Å². The molecule has 6 heterocycles. The summed E-state index contributed by atoms with van der Waals surface area (Å²) in [5, 5.41) is 13.3. The molecule has 12 nitrogen and oxygen atoms in total. The number of furan rings is 3. The molecule has 0 N–H and O–H groups in total. The molecule has 0 amide bonds. The van der Waals surface area contributed by atoms with Crippen LogP contribution in [-0.4, -0.2) is 44.9 Å². The Balaban J connectivity index is 0.000000112. The summed E-state index contributed by atoms with van der Waals surface area (Å²) in [6.07, 6.45) is 0. The van der Waals surface area contributed by atoms with Gasteiger partial charge >= 0.3 is 0 Å². The highest BCUT2D eigenvalue weighted by Gasteiger charge is 2.25. The number of fused-ring (bicyclic) bond motifs is 12. The number of nitrogens with zero attached hydrogens (tertiary/aromatic N) is 9. The second-order valence-corrected chi connectivity index (χ2v) is 36.5. The van der Waals surface area contributed by atoms with Crippen molar-refractivity contribution in [3.8, 4) is 180 Å². The quantitative estimate of drug-likeness (QED) is 0.0904. The maximum Gasteiger partial charge on any atom is 0.164 e. The third-order valence-electron chi connectivity index (χ3n) is 27.4. The molecule has 6 aromatic heterocycles. The summed E-state index contributed by atoms with van der Waals surface area (Å²) in [6.45, 7) is 0. The van der Waals surface area contributed by atoms with E-state index in [1.807, 2.05) is 218 Å². The fourth-order valence-corrected chi connectivity index (χ4v) is 20.2. The van der Waals surface area contributed by atoms with Gasteiger partial charge in [-0.15, -0.1) is 0 Å². The van der Waals surface area contributed by atoms with E-state index in [4.69, 9.17) is 58.1 Å². The summed E-state index contributed by atoms with van der Waals surface area (Å²) in [7, 11) is 0. The molecule has 28 aromatic rings. The van der Waals surface area contributed by atoms with Crippen LogP contribution in [0.3, 0.4) is 0 Å². The van der Waals surface area contributed by atoms with Gasteiger partial charge in [-0.3, -0.25) is 0 Å². The zero-order valence-electron chi connectivity index (χ0n) is 79.3. The summed E-state index contributed by atoms with van der Waals surface area (Å²) in [6, 6.07) is 178. The van der Waals surface area contributed by atoms with Gasteiger partial charge in [0.15, 0.2) is 52.4 Å². The standard InChI is InChI=1S/C49H31N3O.2C43H27N3O/c1-4-11-32(12-5-1)38-25-23-35-24-26-39(30-41(35)29-38)33-19-21-34(22-20-33)40-27-28-44-43(31-40)46-42(17-10-18-45(46)53-44)49-51-47(36-13-6-2-7-14-36)50-48(52-49)37-15-8-3-9-16-37;1-4-13-28(14-5-1)32-19-10-22-35-33(20-11-21-34(32)35)31-25-26-38-37(27-31)40-36(23-12-24-39(40)47-38)43-45-41(29-15-6-2-7-16-29)44-42(46-43)30-17-8-3-9-18-30;1-4-12-28(13-5-1)34-19-10-18-29-22-23-32(26-36(29)34)33-24-25-38-37(27-33)40-35(20-11-21-39(40)47-38)43-45-41(30-14-6-2-7-15-30)44-42(46-43)31-16-8-3-9-17-31/h1-31H;2*1-27H. The first-order valence-corrected chi connectivity index (χ1v) is 49.2. The average Bonchev–Trinajstić information content (AvgIpc) is 1.52. The molecule has 0 saturated heterocycles. The summed E-state index contributed by atoms with van der Waals surface area (Å²) in [4.78, 5) is 44.9. The van der Waals surface area contributed by atoms with Crippen molar-refractivity contribution in [2.45, 2.75) is 0 Å². The van der Waals surface area contributed by atoms with Gasteiger partial charge in [0.25, 0.3) is 0 Å². The van der Waals surface area contributed by atoms with Crippen molar-refractivity contribution < 1.29 is 13.3 Å². The molecular weight excluding hydrogens is 1800 g/mol. The maximum atomic E-state index is 6.43. The number of hydrogen-bond donors (Lipinski definition) is 0. The van der Waals surface area contributed by atoms with Crippen LogP contribution in [-0.2, 0) is 0 Å². The first-order chi connectivity index (χ1) is 72.8. The Hall–Kier alpha value is -20.0. The fraction of sp³-hybridized carbons (Fsp3) is 0. The molecule has 0 radical (unpaired) electrons. The number of hydrogen-bond acceptors (Lipinski definition) is 12. The third-order valence-corrected chi connectivity index (χ3v) is 27.4. The van der Waals surface area contributed by atoms with Crippen molar-refractivity contribution in [1.82, 2.24) is 44.9 Å². The van der Waals surface area contributed by atoms with Gasteiger partial charge in [0.2, 0.25) is 0 Å². The van der Waals surface area contributed by atoms with Crippen molar-refractivity contribution in [3.63, 3.8) is 0 Å². The van der Waals surface area contributed by atoms with E-state index in [0.717, 1.165) is 144 Å². The molecule has 28 rings (SSSR count). The van der Waals surface area contributed by atoms with Crippen LogP contribution in [0, 0.1) is 0 Å². The molecule has 22 aromatic carbocycles. The minimum Gasteiger partial charge on any atom is -0.456 e. The average molecular weight is 1880 g/mol. The SMILES string of the molecule is c1ccc(-c2ccc3ccc(-c4ccc(-c5ccc6oc7cccc(-c8nc(-c9ccccc9)nc(-c9ccccc9)n8)c7c6c5)cc4)cc3c2)cc1.c1ccc(-c2nc(-c3ccccc3)nc(-c3cccc4oc5ccc(-c6ccc7cccc(-c8ccccc8)c7c6)cc5c34)n2)cc1.c1ccc(-c2nc(-c3ccccc3)nc(-c3cccc4oc5ccc(-c6cccc7c(-c8ccccc8)cccc67)cc5c34)n2)cc1. The molecule has 0 aliphatic carbocycles. The van der Waals surface area contributed by atoms with E-state index in [0.29, 0.717) is 52.4 Å². The van der Waals surface area contributed by atoms with Crippen LogP contribution in [0.15, 0.2) is 529 Å². The molecule has 0 saturated carbocycles. The Kier molecular flexibility index (Phi) is 22.7. The largest absolute Gasteiger partial charge is 0.456 e. The molecular formula is C135H85N9O3. The fourth-order valence-electron chi connectivity index (χ4n) is 20.2. The molecule has 0 aliphatic heterocycles. The molecule has 147 heavy (non-hydrogen) atoms. The minimum absolute atomic E-state index is 0.604. The zero-order valence-corrected chi connectivity index (χ0v) is 79.3. The van der Waals surface area contributed by atoms with Gasteiger partial charge in [-0.05, 0) is 183 Å². The van der Waals surface area contributed by atoms with Gasteiger partial charge in [-0.1, -0.05) is 443 Å². The van der Waals surface area contributed by atoms with Crippen molar-refractivity contribution in [2.75, 3.05) is 0 Å². The van der Waals surface area contributed by atoms with E-state index in [9.17, 15) is 0 Å². The van der Waals surface area contributed by atoms with Crippen LogP contribution in [0.25, 0.3) is 279 Å². The Bertz CT molecular complexity index is 9600. The second kappa shape index (κ2) is 38.2. The normalized spacial score (nSPS) is 11.4. The lowest BCUT2D eigenvalue weighted by molar-refractivity contribution is 0.668. The van der Waals surface area contributed by atoms with E-state index in [1.165, 1.54) is 82.4 Å². The zero-order chi connectivity index (χ0) is 97.5. The summed E-state index contributed by atoms with van der Waals surface area (Å²) in [5.74, 6) is 5.59. The van der Waals surface area contributed by atoms with E-state index in [1.54, 1.807) is 0 Å². The highest BCUT2D eigenvalue weighted by molar-refractivity contribution is 6.17. The predicted molar refractivity (Wildman–Crippen MR) is 601 cm³/mol. The summed E-state index contributed by atoms with van der Waals surface area (Å²) >= 11 is 0. The maximum absolute atomic E-state index is 6.43. The van der Waals surface area contributed by atoms with Crippen LogP contribution in [0.1, 0.15) is 0 Å². The minimum atomic E-state index is 0.604. The number of rotatable bonds is 16. The lowest BCUT2D eigenvalue weighted by Gasteiger charge is -2.12. The molecule has 12 heteroatoms. The Labute approximate surface area is 846 Å². The van der Waals surface area contributed by atoms with Gasteiger partial charge < -0.3 is 13.3 Å². The number of benzene rings is 22. The first kappa shape index (κ1) is 87.3. The summed E-state index contributed by atoms with van der Waals surface area (Å²) in [5.41, 5.74) is 29.6. The van der Waals surface area contributed by atoms with Gasteiger partial charge in [-0.2, -0.15) is 0 Å². The Morgan fingerprint density at radius 3 is 0.673 bits per heavy atom. The lowest BCUT2D eigenvalue weighted by Crippen LogP contribution is -2.00. The van der Waals surface area contributed by atoms with E-state index in [2.05, 4.69) is 297 Å². The highest BCUT2D eigenvalue weighted by atomic mass is 16.3. The van der Waals surface area contributed by atoms with E-state index in [-0.39, 0.29) is 0 Å². The van der Waals surface area contributed by atoms with Crippen molar-refractivity contribution in [2.24, 2.45) is 0 Å². The van der Waals surface area contributed by atoms with Crippen molar-refractivity contribution in [1.29, 1.82) is 0 Å². The van der Waals surface area contributed by atoms with Gasteiger partial charge in [0.1, 0.15) is 33.5 Å². The van der Waals surface area contributed by atoms with E-state index < -0.39 is 0 Å². The molecule has 0 unspecified atom stereocenters. The lowest BCUT2D eigenvalue weighted by atomic mass is 9.92. The molecule has 0 aliphatic rings. The predicted octanol–water partition coefficient (Wildman–Crippen LogP) is 35.4. The summed E-state index contributed by atoms with van der Waals surface area (Å²) < 4.78 is 19.3. The van der Waals surface area contributed by atoms with Gasteiger partial charge in [-0.25, -0.2) is 44.9 Å². The van der Waals surface area contributed by atoms with Crippen LogP contribution >= 0.6 is 0 Å². The Morgan fingerprint density at radius 2 is 0.333 bits per heavy atom. The van der Waals surface area contributed by atoms with Crippen LogP contribution in [0.4, 0.5) is 0 Å². The molecule has 688 valence electrons. The van der Waals surface area contributed by atoms with Gasteiger partial charge in [0, 0.05) is 82.4 Å². The molecule has 0 spiro atoms. The number of aromatic nitrogens is 9. The van der Waals surface area contributed by atoms with E-state index >= 15 is 0 Å². The van der Waals surface area contributed by atoms with Crippen LogP contribution in [0.5, 0.6) is 0 Å². The second-order valence-electron chi connectivity index (χ2n) is 36.5. The highest BCUT2D eigenvalue weighted by Crippen LogP contribution is 2.46. The van der Waals surface area contributed by atoms with Crippen molar-refractivity contribution in [3.05, 3.63) is 516 Å². The van der Waals surface area contributed by atoms with Crippen LogP contribution in [0.2, 0.25) is 0 Å². The van der Waals surface area contributed by atoms with Crippen molar-refractivity contribution >= 4 is 98.1 Å². The molecule has 0 atom stereocenters. The molecule has 0 fully saturated rings. The molecule has 0 bridgehead atoms. The third kappa shape index (κ3) is 17.2. The van der Waals surface area contributed by atoms with Crippen LogP contribution < -0.4 is 0 Å².